The first-order valence-electron chi connectivity index (χ1n) is 8.27. The van der Waals surface area contributed by atoms with E-state index in [1.165, 1.54) is 19.2 Å². The molecule has 8 nitrogen and oxygen atoms in total. The van der Waals surface area contributed by atoms with Crippen LogP contribution in [0.4, 0.5) is 14.9 Å². The highest BCUT2D eigenvalue weighted by Gasteiger charge is 2.29. The fourth-order valence-corrected chi connectivity index (χ4v) is 2.73. The van der Waals surface area contributed by atoms with Crippen molar-refractivity contribution in [3.05, 3.63) is 29.6 Å². The van der Waals surface area contributed by atoms with Crippen LogP contribution in [-0.2, 0) is 9.53 Å². The van der Waals surface area contributed by atoms with Crippen molar-refractivity contribution in [3.8, 4) is 0 Å². The van der Waals surface area contributed by atoms with Crippen molar-refractivity contribution in [2.75, 3.05) is 45.7 Å². The molecule has 1 heterocycles. The normalized spacial score (nSPS) is 16.5. The van der Waals surface area contributed by atoms with E-state index in [0.717, 1.165) is 6.07 Å². The van der Waals surface area contributed by atoms with Crippen LogP contribution in [-0.4, -0.2) is 63.1 Å². The molecule has 142 valence electrons. The molecular formula is C17H23FN4O4. The SMILES string of the molecule is CNC(=O)c1cc(NC(=O)NC[C@@H]2CC(=O)N(CCOC)C2)ccc1F. The van der Waals surface area contributed by atoms with Gasteiger partial charge < -0.3 is 25.6 Å². The molecule has 0 saturated carbocycles. The van der Waals surface area contributed by atoms with Crippen LogP contribution in [0.3, 0.4) is 0 Å². The smallest absolute Gasteiger partial charge is 0.319 e. The summed E-state index contributed by atoms with van der Waals surface area (Å²) in [6.07, 6.45) is 0.376. The quantitative estimate of drug-likeness (QED) is 0.665. The number of anilines is 1. The van der Waals surface area contributed by atoms with Crippen LogP contribution >= 0.6 is 0 Å². The molecule has 1 saturated heterocycles. The molecule has 1 aliphatic rings. The lowest BCUT2D eigenvalue weighted by atomic mass is 10.1. The summed E-state index contributed by atoms with van der Waals surface area (Å²) >= 11 is 0. The number of urea groups is 1. The second kappa shape index (κ2) is 9.14. The third kappa shape index (κ3) is 5.16. The predicted molar refractivity (Wildman–Crippen MR) is 93.4 cm³/mol. The first-order chi connectivity index (χ1) is 12.4. The summed E-state index contributed by atoms with van der Waals surface area (Å²) in [5.41, 5.74) is 0.146. The Balaban J connectivity index is 1.84. The zero-order chi connectivity index (χ0) is 19.1. The van der Waals surface area contributed by atoms with E-state index in [2.05, 4.69) is 16.0 Å². The average Bonchev–Trinajstić information content (AvgIpc) is 2.99. The van der Waals surface area contributed by atoms with Crippen LogP contribution in [0.2, 0.25) is 0 Å². The number of amides is 4. The van der Waals surface area contributed by atoms with Gasteiger partial charge in [-0.05, 0) is 18.2 Å². The highest BCUT2D eigenvalue weighted by Crippen LogP contribution is 2.17. The minimum Gasteiger partial charge on any atom is -0.383 e. The molecule has 0 aliphatic carbocycles. The second-order valence-corrected chi connectivity index (χ2v) is 6.01. The average molecular weight is 366 g/mol. The van der Waals surface area contributed by atoms with Crippen LogP contribution in [0.15, 0.2) is 18.2 Å². The maximum atomic E-state index is 13.6. The summed E-state index contributed by atoms with van der Waals surface area (Å²) in [5.74, 6) is -1.18. The minimum absolute atomic E-state index is 0.0276. The summed E-state index contributed by atoms with van der Waals surface area (Å²) in [4.78, 5) is 37.2. The van der Waals surface area contributed by atoms with E-state index in [9.17, 15) is 18.8 Å². The Kier molecular flexibility index (Phi) is 6.90. The van der Waals surface area contributed by atoms with Gasteiger partial charge in [-0.25, -0.2) is 9.18 Å². The summed E-state index contributed by atoms with van der Waals surface area (Å²) in [7, 11) is 2.97. The first-order valence-corrected chi connectivity index (χ1v) is 8.27. The number of methoxy groups -OCH3 is 1. The lowest BCUT2D eigenvalue weighted by Gasteiger charge is -2.16. The highest BCUT2D eigenvalue weighted by atomic mass is 19.1. The maximum absolute atomic E-state index is 13.6. The van der Waals surface area contributed by atoms with Gasteiger partial charge in [0.05, 0.1) is 12.2 Å². The molecule has 4 amide bonds. The first kappa shape index (κ1) is 19.6. The molecule has 0 bridgehead atoms. The molecule has 0 aromatic heterocycles. The van der Waals surface area contributed by atoms with Crippen LogP contribution in [0, 0.1) is 11.7 Å². The molecule has 1 aromatic rings. The fourth-order valence-electron chi connectivity index (χ4n) is 2.73. The van der Waals surface area contributed by atoms with Crippen molar-refractivity contribution in [1.29, 1.82) is 0 Å². The van der Waals surface area contributed by atoms with Gasteiger partial charge in [0.15, 0.2) is 0 Å². The number of likely N-dealkylation sites (tertiary alicyclic amines) is 1. The fraction of sp³-hybridized carbons (Fsp3) is 0.471. The van der Waals surface area contributed by atoms with Gasteiger partial charge in [0.2, 0.25) is 5.91 Å². The van der Waals surface area contributed by atoms with E-state index >= 15 is 0 Å². The van der Waals surface area contributed by atoms with Crippen molar-refractivity contribution in [2.24, 2.45) is 5.92 Å². The molecule has 1 atom stereocenters. The molecule has 1 aromatic carbocycles. The highest BCUT2D eigenvalue weighted by molar-refractivity contribution is 5.97. The van der Waals surface area contributed by atoms with Crippen LogP contribution in [0.5, 0.6) is 0 Å². The third-order valence-corrected chi connectivity index (χ3v) is 4.11. The standard InChI is InChI=1S/C17H23FN4O4/c1-19-16(24)13-8-12(3-4-14(13)18)21-17(25)20-9-11-7-15(23)22(10-11)5-6-26-2/h3-4,8,11H,5-7,9-10H2,1-2H3,(H,19,24)(H2,20,21,25)/t11-/m0/s1. The Morgan fingerprint density at radius 2 is 2.15 bits per heavy atom. The molecule has 1 fully saturated rings. The van der Waals surface area contributed by atoms with Gasteiger partial charge in [-0.3, -0.25) is 9.59 Å². The van der Waals surface area contributed by atoms with Gasteiger partial charge in [-0.2, -0.15) is 0 Å². The number of hydrogen-bond donors (Lipinski definition) is 3. The topological polar surface area (TPSA) is 99.8 Å². The van der Waals surface area contributed by atoms with E-state index < -0.39 is 17.8 Å². The van der Waals surface area contributed by atoms with E-state index in [-0.39, 0.29) is 17.4 Å². The summed E-state index contributed by atoms with van der Waals surface area (Å²) < 4.78 is 18.6. The number of carbonyl (C=O) groups excluding carboxylic acids is 3. The second-order valence-electron chi connectivity index (χ2n) is 6.01. The molecule has 26 heavy (non-hydrogen) atoms. The third-order valence-electron chi connectivity index (χ3n) is 4.11. The predicted octanol–water partition coefficient (Wildman–Crippen LogP) is 0.802. The van der Waals surface area contributed by atoms with Gasteiger partial charge in [-0.1, -0.05) is 0 Å². The Hall–Kier alpha value is -2.68. The Morgan fingerprint density at radius 1 is 1.38 bits per heavy atom. The zero-order valence-corrected chi connectivity index (χ0v) is 14.8. The number of nitrogens with zero attached hydrogens (tertiary/aromatic N) is 1. The summed E-state index contributed by atoms with van der Waals surface area (Å²) in [6, 6.07) is 3.26. The molecule has 0 unspecified atom stereocenters. The molecule has 9 heteroatoms. The van der Waals surface area contributed by atoms with Crippen LogP contribution < -0.4 is 16.0 Å². The van der Waals surface area contributed by atoms with Crippen LogP contribution in [0.1, 0.15) is 16.8 Å². The van der Waals surface area contributed by atoms with E-state index in [1.54, 1.807) is 12.0 Å². The van der Waals surface area contributed by atoms with Gasteiger partial charge >= 0.3 is 6.03 Å². The van der Waals surface area contributed by atoms with Gasteiger partial charge in [0.25, 0.3) is 5.91 Å². The van der Waals surface area contributed by atoms with Crippen molar-refractivity contribution in [3.63, 3.8) is 0 Å². The van der Waals surface area contributed by atoms with Crippen LogP contribution in [0.25, 0.3) is 0 Å². The van der Waals surface area contributed by atoms with Gasteiger partial charge in [0, 0.05) is 51.8 Å². The van der Waals surface area contributed by atoms with Crippen molar-refractivity contribution in [1.82, 2.24) is 15.5 Å². The molecule has 0 spiro atoms. The summed E-state index contributed by atoms with van der Waals surface area (Å²) in [5, 5.41) is 7.58. The molecular weight excluding hydrogens is 343 g/mol. The zero-order valence-electron chi connectivity index (χ0n) is 14.8. The minimum atomic E-state index is -0.670. The molecule has 1 aliphatic heterocycles. The van der Waals surface area contributed by atoms with Gasteiger partial charge in [0.1, 0.15) is 5.82 Å². The number of benzene rings is 1. The number of carbonyl (C=O) groups is 3. The Bertz CT molecular complexity index is 683. The number of halogens is 1. The van der Waals surface area contributed by atoms with Crippen molar-refractivity contribution in [2.45, 2.75) is 6.42 Å². The van der Waals surface area contributed by atoms with E-state index in [1.807, 2.05) is 0 Å². The molecule has 0 radical (unpaired) electrons. The summed E-state index contributed by atoms with van der Waals surface area (Å²) in [6.45, 7) is 1.92. The number of nitrogens with one attached hydrogen (secondary N) is 3. The Morgan fingerprint density at radius 3 is 2.85 bits per heavy atom. The molecule has 3 N–H and O–H groups in total. The van der Waals surface area contributed by atoms with E-state index in [0.29, 0.717) is 38.3 Å². The Labute approximate surface area is 151 Å². The van der Waals surface area contributed by atoms with Gasteiger partial charge in [-0.15, -0.1) is 0 Å². The lowest BCUT2D eigenvalue weighted by Crippen LogP contribution is -2.34. The van der Waals surface area contributed by atoms with Crippen molar-refractivity contribution >= 4 is 23.5 Å². The van der Waals surface area contributed by atoms with E-state index in [4.69, 9.17) is 4.74 Å². The maximum Gasteiger partial charge on any atom is 0.319 e. The monoisotopic (exact) mass is 366 g/mol. The largest absolute Gasteiger partial charge is 0.383 e. The number of ether oxygens (including phenoxy) is 1. The number of hydrogen-bond acceptors (Lipinski definition) is 4. The van der Waals surface area contributed by atoms with Crippen molar-refractivity contribution < 1.29 is 23.5 Å². The lowest BCUT2D eigenvalue weighted by molar-refractivity contribution is -0.128. The number of rotatable bonds is 7. The molecule has 2 rings (SSSR count).